The van der Waals surface area contributed by atoms with E-state index in [1.807, 2.05) is 19.3 Å². The number of halogens is 1. The number of hydrogen-bond donors (Lipinski definition) is 1. The van der Waals surface area contributed by atoms with Crippen LogP contribution < -0.4 is 11.2 Å². The lowest BCUT2D eigenvalue weighted by molar-refractivity contribution is 0.310. The summed E-state index contributed by atoms with van der Waals surface area (Å²) < 4.78 is 6.60. The van der Waals surface area contributed by atoms with Crippen molar-refractivity contribution in [1.82, 2.24) is 24.8 Å². The van der Waals surface area contributed by atoms with Crippen molar-refractivity contribution in [1.29, 1.82) is 0 Å². The van der Waals surface area contributed by atoms with Crippen LogP contribution in [0.15, 0.2) is 10.8 Å². The second-order valence-electron chi connectivity index (χ2n) is 4.11. The summed E-state index contributed by atoms with van der Waals surface area (Å²) in [5.41, 5.74) is 8.66. The van der Waals surface area contributed by atoms with Crippen LogP contribution in [0.3, 0.4) is 0 Å². The van der Waals surface area contributed by atoms with Gasteiger partial charge in [-0.05, 0) is 22.7 Å². The number of anilines is 1. The molecule has 0 atom stereocenters. The van der Waals surface area contributed by atoms with Crippen molar-refractivity contribution in [2.45, 2.75) is 13.5 Å². The van der Waals surface area contributed by atoms with Crippen LogP contribution in [0.2, 0.25) is 5.15 Å². The molecule has 0 bridgehead atoms. The van der Waals surface area contributed by atoms with Crippen LogP contribution in [0.5, 0.6) is 0 Å². The van der Waals surface area contributed by atoms with Crippen molar-refractivity contribution in [3.8, 4) is 11.5 Å². The first-order valence-corrected chi connectivity index (χ1v) is 6.11. The molecule has 3 rings (SSSR count). The van der Waals surface area contributed by atoms with Gasteiger partial charge >= 0.3 is 0 Å². The van der Waals surface area contributed by atoms with Gasteiger partial charge < -0.3 is 10.3 Å². The Morgan fingerprint density at radius 3 is 2.89 bits per heavy atom. The summed E-state index contributed by atoms with van der Waals surface area (Å²) >= 11 is 6.09. The van der Waals surface area contributed by atoms with Gasteiger partial charge in [0, 0.05) is 12.7 Å². The Bertz CT molecular complexity index is 767. The normalized spacial score (nSPS) is 11.3. The van der Waals surface area contributed by atoms with Crippen molar-refractivity contribution < 1.29 is 4.63 Å². The lowest BCUT2D eigenvalue weighted by atomic mass is 9.97. The van der Waals surface area contributed by atoms with E-state index in [1.165, 1.54) is 0 Å². The van der Waals surface area contributed by atoms with Crippen LogP contribution in [-0.4, -0.2) is 32.7 Å². The summed E-state index contributed by atoms with van der Waals surface area (Å²) in [7, 11) is 1.95. The molecular formula is C10H10BClN6O. The second kappa shape index (κ2) is 4.23. The number of fused-ring (bicyclic) bond motifs is 1. The maximum atomic E-state index is 6.09. The summed E-state index contributed by atoms with van der Waals surface area (Å²) in [6.07, 6.45) is 1.71. The quantitative estimate of drug-likeness (QED) is 0.523. The smallest absolute Gasteiger partial charge is 0.199 e. The molecule has 0 unspecified atom stereocenters. The van der Waals surface area contributed by atoms with Gasteiger partial charge in [-0.1, -0.05) is 11.6 Å². The predicted molar refractivity (Wildman–Crippen MR) is 74.1 cm³/mol. The number of rotatable bonds is 2. The van der Waals surface area contributed by atoms with Crippen molar-refractivity contribution in [3.63, 3.8) is 0 Å². The fraction of sp³-hybridized carbons (Fsp3) is 0.200. The van der Waals surface area contributed by atoms with Crippen LogP contribution >= 0.6 is 11.6 Å². The number of nitrogen functional groups attached to an aromatic ring is 1. The number of hydrogen-bond acceptors (Lipinski definition) is 6. The average molecular weight is 276 g/mol. The molecule has 0 saturated heterocycles. The molecule has 9 heteroatoms. The van der Waals surface area contributed by atoms with Gasteiger partial charge in [0.25, 0.3) is 0 Å². The molecule has 0 fully saturated rings. The molecule has 0 aromatic carbocycles. The maximum absolute atomic E-state index is 6.09. The Balaban J connectivity index is 2.41. The molecule has 3 heterocycles. The third kappa shape index (κ3) is 1.67. The number of imidazole rings is 1. The summed E-state index contributed by atoms with van der Waals surface area (Å²) in [6, 6.07) is 0. The number of pyridine rings is 1. The Morgan fingerprint density at radius 1 is 1.47 bits per heavy atom. The van der Waals surface area contributed by atoms with Gasteiger partial charge in [0.05, 0.1) is 5.52 Å². The number of nitrogens with zero attached hydrogens (tertiary/aromatic N) is 5. The first-order chi connectivity index (χ1) is 9.13. The largest absolute Gasteiger partial charge is 0.379 e. The molecular weight excluding hydrogens is 266 g/mol. The lowest BCUT2D eigenvalue weighted by Crippen LogP contribution is -2.10. The van der Waals surface area contributed by atoms with Gasteiger partial charge in [-0.15, -0.1) is 0 Å². The van der Waals surface area contributed by atoms with Gasteiger partial charge in [-0.25, -0.2) is 14.6 Å². The first kappa shape index (κ1) is 12.0. The fourth-order valence-corrected chi connectivity index (χ4v) is 2.29. The van der Waals surface area contributed by atoms with Gasteiger partial charge in [0.15, 0.2) is 22.5 Å². The Hall–Kier alpha value is -2.09. The van der Waals surface area contributed by atoms with Gasteiger partial charge in [-0.2, -0.15) is 0 Å². The molecule has 0 spiro atoms. The minimum absolute atomic E-state index is 0.201. The topological polar surface area (TPSA) is 95.7 Å². The van der Waals surface area contributed by atoms with E-state index in [1.54, 1.807) is 6.20 Å². The molecule has 0 amide bonds. The van der Waals surface area contributed by atoms with Crippen molar-refractivity contribution in [3.05, 3.63) is 11.3 Å². The van der Waals surface area contributed by atoms with E-state index in [9.17, 15) is 0 Å². The summed E-state index contributed by atoms with van der Waals surface area (Å²) in [5.74, 6) is 0.779. The molecule has 3 aromatic rings. The highest BCUT2D eigenvalue weighted by molar-refractivity contribution is 6.41. The molecule has 7 nitrogen and oxygen atoms in total. The molecule has 0 aliphatic rings. The van der Waals surface area contributed by atoms with E-state index in [2.05, 4.69) is 24.9 Å². The van der Waals surface area contributed by atoms with E-state index in [0.29, 0.717) is 28.7 Å². The van der Waals surface area contributed by atoms with Gasteiger partial charge in [0.2, 0.25) is 0 Å². The van der Waals surface area contributed by atoms with E-state index >= 15 is 0 Å². The minimum atomic E-state index is 0.201. The Kier molecular flexibility index (Phi) is 2.67. The highest BCUT2D eigenvalue weighted by Crippen LogP contribution is 2.27. The van der Waals surface area contributed by atoms with Crippen molar-refractivity contribution >= 4 is 41.8 Å². The standard InChI is InChI=1S/C10H10BClN6O/c1-2-18-7-4(11)3-14-8(12)5(7)15-10(18)6-9(13)17-19-16-6/h3H,2,11H2,1H3,(H2,13,17). The first-order valence-electron chi connectivity index (χ1n) is 5.73. The minimum Gasteiger partial charge on any atom is -0.379 e. The zero-order chi connectivity index (χ0) is 13.6. The summed E-state index contributed by atoms with van der Waals surface area (Å²) in [4.78, 5) is 8.57. The van der Waals surface area contributed by atoms with E-state index in [4.69, 9.17) is 17.3 Å². The third-order valence-electron chi connectivity index (χ3n) is 2.95. The van der Waals surface area contributed by atoms with Gasteiger partial charge in [0.1, 0.15) is 13.4 Å². The second-order valence-corrected chi connectivity index (χ2v) is 4.46. The maximum Gasteiger partial charge on any atom is 0.199 e. The highest BCUT2D eigenvalue weighted by Gasteiger charge is 2.20. The SMILES string of the molecule is Bc1cnc(Cl)c2nc(-c3nonc3N)n(CC)c12. The van der Waals surface area contributed by atoms with Crippen LogP contribution in [0.25, 0.3) is 22.6 Å². The van der Waals surface area contributed by atoms with Crippen LogP contribution in [0, 0.1) is 0 Å². The average Bonchev–Trinajstić information content (AvgIpc) is 2.97. The molecule has 3 aromatic heterocycles. The summed E-state index contributed by atoms with van der Waals surface area (Å²) in [6.45, 7) is 2.70. The molecule has 0 saturated carbocycles. The predicted octanol–water partition coefficient (Wildman–Crippen LogP) is -0.00480. The van der Waals surface area contributed by atoms with Crippen LogP contribution in [0.4, 0.5) is 5.82 Å². The molecule has 0 aliphatic heterocycles. The van der Waals surface area contributed by atoms with E-state index in [-0.39, 0.29) is 5.82 Å². The van der Waals surface area contributed by atoms with Crippen molar-refractivity contribution in [2.24, 2.45) is 0 Å². The van der Waals surface area contributed by atoms with Crippen LogP contribution in [0.1, 0.15) is 6.92 Å². The third-order valence-corrected chi connectivity index (χ3v) is 3.23. The Labute approximate surface area is 114 Å². The molecule has 2 N–H and O–H groups in total. The van der Waals surface area contributed by atoms with Crippen molar-refractivity contribution in [2.75, 3.05) is 5.73 Å². The molecule has 0 aliphatic carbocycles. The molecule has 96 valence electrons. The van der Waals surface area contributed by atoms with Gasteiger partial charge in [-0.3, -0.25) is 0 Å². The fourth-order valence-electron chi connectivity index (χ4n) is 2.11. The number of aromatic nitrogens is 5. The molecule has 19 heavy (non-hydrogen) atoms. The number of nitrogens with two attached hydrogens (primary N) is 1. The van der Waals surface area contributed by atoms with E-state index in [0.717, 1.165) is 11.0 Å². The lowest BCUT2D eigenvalue weighted by Gasteiger charge is -2.05. The van der Waals surface area contributed by atoms with Crippen LogP contribution in [-0.2, 0) is 6.54 Å². The highest BCUT2D eigenvalue weighted by atomic mass is 35.5. The number of aryl methyl sites for hydroxylation is 1. The monoisotopic (exact) mass is 276 g/mol. The Morgan fingerprint density at radius 2 is 2.26 bits per heavy atom. The zero-order valence-electron chi connectivity index (χ0n) is 10.4. The van der Waals surface area contributed by atoms with E-state index < -0.39 is 0 Å². The summed E-state index contributed by atoms with van der Waals surface area (Å²) in [5, 5.41) is 7.72. The molecule has 0 radical (unpaired) electrons. The zero-order valence-corrected chi connectivity index (χ0v) is 11.1.